The van der Waals surface area contributed by atoms with Crippen molar-refractivity contribution in [1.82, 2.24) is 4.98 Å². The summed E-state index contributed by atoms with van der Waals surface area (Å²) in [6.45, 7) is 6.42. The molecule has 0 unspecified atom stereocenters. The summed E-state index contributed by atoms with van der Waals surface area (Å²) in [7, 11) is -3.22. The third kappa shape index (κ3) is 6.11. The summed E-state index contributed by atoms with van der Waals surface area (Å²) in [6.07, 6.45) is 3.02. The molecule has 24 heavy (non-hydrogen) atoms. The van der Waals surface area contributed by atoms with Crippen LogP contribution in [0.1, 0.15) is 23.3 Å². The minimum Gasteiger partial charge on any atom is -0.440 e. The van der Waals surface area contributed by atoms with Crippen LogP contribution >= 0.6 is 0 Å². The van der Waals surface area contributed by atoms with Crippen molar-refractivity contribution in [2.45, 2.75) is 32.0 Å². The molecule has 0 aliphatic carbocycles. The minimum absolute atomic E-state index is 0. The molecule has 0 radical (unpaired) electrons. The van der Waals surface area contributed by atoms with Crippen LogP contribution in [-0.2, 0) is 14.8 Å². The Morgan fingerprint density at radius 2 is 1.83 bits per heavy atom. The number of carbonyl (C=O) groups is 1. The standard InChI is InChI=1S/C17H17N2O2SSi.CH4/c1-23(2,3)10-9-14-11-15(13-18-12-14)17(20)19-22(21)16-7-5-4-6-8-16;/h4-8,11-13H,1-3H3;1H4/q-1;. The van der Waals surface area contributed by atoms with Gasteiger partial charge in [0.1, 0.15) is 8.07 Å². The van der Waals surface area contributed by atoms with Crippen LogP contribution in [0.5, 0.6) is 0 Å². The highest BCUT2D eigenvalue weighted by molar-refractivity contribution is 7.75. The van der Waals surface area contributed by atoms with Gasteiger partial charge in [0.25, 0.3) is 5.91 Å². The molecule has 126 valence electrons. The molecule has 0 N–H and O–H groups in total. The Hall–Kier alpha value is -2.23. The second kappa shape index (κ2) is 8.57. The number of nitrogens with zero attached hydrogens (tertiary/aromatic N) is 2. The van der Waals surface area contributed by atoms with E-state index in [-0.39, 0.29) is 13.0 Å². The predicted molar refractivity (Wildman–Crippen MR) is 101 cm³/mol. The van der Waals surface area contributed by atoms with E-state index in [1.54, 1.807) is 36.5 Å². The summed E-state index contributed by atoms with van der Waals surface area (Å²) in [5, 5.41) is 0. The number of aromatic nitrogens is 1. The molecule has 0 fully saturated rings. The Balaban J connectivity index is 0.00000288. The van der Waals surface area contributed by atoms with Gasteiger partial charge in [-0.15, -0.1) is 5.54 Å². The lowest BCUT2D eigenvalue weighted by atomic mass is 10.2. The molecule has 0 spiro atoms. The molecule has 2 aromatic rings. The van der Waals surface area contributed by atoms with E-state index in [1.807, 2.05) is 6.07 Å². The quantitative estimate of drug-likeness (QED) is 0.457. The molecule has 1 heterocycles. The van der Waals surface area contributed by atoms with Gasteiger partial charge in [0.15, 0.2) is 0 Å². The Morgan fingerprint density at radius 1 is 1.17 bits per heavy atom. The zero-order valence-electron chi connectivity index (χ0n) is 13.2. The van der Waals surface area contributed by atoms with Crippen molar-refractivity contribution >= 4 is 24.6 Å². The molecule has 1 aromatic carbocycles. The van der Waals surface area contributed by atoms with Crippen LogP contribution in [-0.4, -0.2) is 19.0 Å². The van der Waals surface area contributed by atoms with E-state index < -0.39 is 24.6 Å². The minimum atomic E-state index is -1.72. The summed E-state index contributed by atoms with van der Waals surface area (Å²) in [6, 6.07) is 10.3. The predicted octanol–water partition coefficient (Wildman–Crippen LogP) is 4.29. The summed E-state index contributed by atoms with van der Waals surface area (Å²) < 4.78 is 15.8. The highest BCUT2D eigenvalue weighted by Gasteiger charge is 2.08. The maximum Gasteiger partial charge on any atom is 0.255 e. The molecular formula is C18H21N2O2SSi-. The number of pyridine rings is 1. The first-order valence-corrected chi connectivity index (χ1v) is 11.7. The van der Waals surface area contributed by atoms with E-state index in [0.717, 1.165) is 0 Å². The first-order chi connectivity index (χ1) is 10.8. The molecular weight excluding hydrogens is 336 g/mol. The number of hydrogen-bond donors (Lipinski definition) is 0. The number of carbonyl (C=O) groups excluding carboxylic acids is 1. The van der Waals surface area contributed by atoms with Crippen LogP contribution in [0.3, 0.4) is 0 Å². The van der Waals surface area contributed by atoms with Crippen molar-refractivity contribution in [2.75, 3.05) is 0 Å². The van der Waals surface area contributed by atoms with E-state index in [9.17, 15) is 9.00 Å². The SMILES string of the molecule is C.C[Si](C)(C)C#Cc1cncc(C(=O)N=[S-](=O)c2ccccc2)c1. The zero-order chi connectivity index (χ0) is 16.9. The van der Waals surface area contributed by atoms with Crippen molar-refractivity contribution in [3.63, 3.8) is 0 Å². The molecule has 0 aliphatic rings. The summed E-state index contributed by atoms with van der Waals surface area (Å²) in [5.74, 6) is 2.49. The van der Waals surface area contributed by atoms with Crippen molar-refractivity contribution in [3.05, 3.63) is 59.9 Å². The second-order valence-electron chi connectivity index (χ2n) is 5.92. The Bertz CT molecular complexity index is 856. The molecule has 0 atom stereocenters. The van der Waals surface area contributed by atoms with Crippen LogP contribution in [0.15, 0.2) is 58.1 Å². The monoisotopic (exact) mass is 357 g/mol. The fourth-order valence-electron chi connectivity index (χ4n) is 1.60. The van der Waals surface area contributed by atoms with Gasteiger partial charge in [-0.3, -0.25) is 9.78 Å². The summed E-state index contributed by atoms with van der Waals surface area (Å²) >= 11 is 0. The molecule has 2 rings (SSSR count). The van der Waals surface area contributed by atoms with E-state index >= 15 is 0 Å². The third-order valence-corrected chi connectivity index (χ3v) is 4.56. The zero-order valence-corrected chi connectivity index (χ0v) is 15.1. The van der Waals surface area contributed by atoms with Crippen molar-refractivity contribution in [2.24, 2.45) is 4.36 Å². The van der Waals surface area contributed by atoms with Gasteiger partial charge in [0.2, 0.25) is 0 Å². The lowest BCUT2D eigenvalue weighted by Crippen LogP contribution is -2.16. The Kier molecular flexibility index (Phi) is 7.08. The van der Waals surface area contributed by atoms with E-state index in [2.05, 4.69) is 40.5 Å². The van der Waals surface area contributed by atoms with E-state index in [1.165, 1.54) is 6.20 Å². The fraction of sp³-hybridized carbons (Fsp3) is 0.222. The van der Waals surface area contributed by atoms with Crippen LogP contribution in [0.2, 0.25) is 19.6 Å². The largest absolute Gasteiger partial charge is 0.440 e. The van der Waals surface area contributed by atoms with E-state index in [0.29, 0.717) is 10.5 Å². The van der Waals surface area contributed by atoms with Gasteiger partial charge in [-0.2, -0.15) is 10.6 Å². The molecule has 0 saturated carbocycles. The molecule has 0 aliphatic heterocycles. The van der Waals surface area contributed by atoms with Crippen LogP contribution in [0.4, 0.5) is 0 Å². The molecule has 0 bridgehead atoms. The van der Waals surface area contributed by atoms with Gasteiger partial charge >= 0.3 is 0 Å². The maximum atomic E-state index is 12.1. The van der Waals surface area contributed by atoms with Gasteiger partial charge in [-0.25, -0.2) is 0 Å². The normalized spacial score (nSPS) is 11.8. The average Bonchev–Trinajstić information content (AvgIpc) is 2.53. The second-order valence-corrected chi connectivity index (χ2v) is 11.8. The van der Waals surface area contributed by atoms with E-state index in [4.69, 9.17) is 0 Å². The highest BCUT2D eigenvalue weighted by Crippen LogP contribution is 2.08. The van der Waals surface area contributed by atoms with Crippen molar-refractivity contribution in [3.8, 4) is 11.5 Å². The lowest BCUT2D eigenvalue weighted by Gasteiger charge is -2.05. The van der Waals surface area contributed by atoms with Gasteiger partial charge in [-0.05, 0) is 6.07 Å². The lowest BCUT2D eigenvalue weighted by molar-refractivity contribution is 0.100. The fourth-order valence-corrected chi connectivity index (χ4v) is 2.87. The van der Waals surface area contributed by atoms with Crippen LogP contribution in [0.25, 0.3) is 0 Å². The first kappa shape index (κ1) is 19.8. The Labute approximate surface area is 146 Å². The third-order valence-electron chi connectivity index (χ3n) is 2.68. The number of rotatable bonds is 2. The van der Waals surface area contributed by atoms with Gasteiger partial charge in [0, 0.05) is 18.0 Å². The van der Waals surface area contributed by atoms with Gasteiger partial charge in [-0.1, -0.05) is 68.2 Å². The van der Waals surface area contributed by atoms with Crippen molar-refractivity contribution in [1.29, 1.82) is 0 Å². The molecule has 1 aromatic heterocycles. The van der Waals surface area contributed by atoms with Crippen LogP contribution < -0.4 is 0 Å². The summed E-state index contributed by atoms with van der Waals surface area (Å²) in [4.78, 5) is 16.7. The Morgan fingerprint density at radius 3 is 2.46 bits per heavy atom. The maximum absolute atomic E-state index is 12.1. The van der Waals surface area contributed by atoms with Gasteiger partial charge in [0.05, 0.1) is 5.56 Å². The number of hydrogen-bond acceptors (Lipinski definition) is 4. The topological polar surface area (TPSA) is 59.4 Å². The van der Waals surface area contributed by atoms with Gasteiger partial charge < -0.3 is 8.57 Å². The molecule has 4 nitrogen and oxygen atoms in total. The smallest absolute Gasteiger partial charge is 0.255 e. The van der Waals surface area contributed by atoms with Crippen LogP contribution in [0, 0.1) is 11.5 Å². The number of amides is 1. The number of benzene rings is 1. The molecule has 6 heteroatoms. The average molecular weight is 358 g/mol. The molecule has 0 saturated heterocycles. The first-order valence-electron chi connectivity index (χ1n) is 7.06. The van der Waals surface area contributed by atoms with Crippen molar-refractivity contribution < 1.29 is 9.00 Å². The highest BCUT2D eigenvalue weighted by atomic mass is 32.2. The molecule has 1 amide bonds. The summed E-state index contributed by atoms with van der Waals surface area (Å²) in [5.41, 5.74) is 4.17.